The highest BCUT2D eigenvalue weighted by atomic mass is 79.9. The van der Waals surface area contributed by atoms with E-state index in [1.165, 1.54) is 12.1 Å². The largest absolute Gasteiger partial charge is 0.323 e. The smallest absolute Gasteiger partial charge is 0.308 e. The van der Waals surface area contributed by atoms with E-state index in [2.05, 4.69) is 26.6 Å². The molecule has 2 amide bonds. The van der Waals surface area contributed by atoms with Crippen molar-refractivity contribution in [3.8, 4) is 0 Å². The first-order valence-corrected chi connectivity index (χ1v) is 6.97. The normalized spacial score (nSPS) is 10.2. The van der Waals surface area contributed by atoms with E-state index in [1.54, 1.807) is 24.3 Å². The number of rotatable bonds is 2. The monoisotopic (exact) mass is 376 g/mol. The van der Waals surface area contributed by atoms with Gasteiger partial charge in [0.2, 0.25) is 0 Å². The van der Waals surface area contributed by atoms with Crippen LogP contribution in [-0.4, -0.2) is 6.03 Å². The molecule has 2 rings (SSSR count). The van der Waals surface area contributed by atoms with Crippen LogP contribution < -0.4 is 10.6 Å². The van der Waals surface area contributed by atoms with Crippen LogP contribution in [0.15, 0.2) is 40.9 Å². The summed E-state index contributed by atoms with van der Waals surface area (Å²) in [7, 11) is 0. The Morgan fingerprint density at radius 1 is 0.950 bits per heavy atom. The number of urea groups is 1. The molecule has 0 bridgehead atoms. The minimum Gasteiger partial charge on any atom is -0.308 e. The van der Waals surface area contributed by atoms with E-state index in [0.717, 1.165) is 0 Å². The van der Waals surface area contributed by atoms with Crippen molar-refractivity contribution in [1.29, 1.82) is 0 Å². The number of hydrogen-bond donors (Lipinski definition) is 2. The van der Waals surface area contributed by atoms with Gasteiger partial charge in [0.15, 0.2) is 0 Å². The molecule has 2 aromatic carbocycles. The fraction of sp³-hybridized carbons (Fsp3) is 0. The van der Waals surface area contributed by atoms with E-state index in [4.69, 9.17) is 23.2 Å². The Bertz CT molecular complexity index is 571. The zero-order chi connectivity index (χ0) is 14.7. The van der Waals surface area contributed by atoms with E-state index in [0.29, 0.717) is 25.9 Å². The van der Waals surface area contributed by atoms with Gasteiger partial charge in [-0.05, 0) is 36.4 Å². The lowest BCUT2D eigenvalue weighted by Gasteiger charge is -2.09. The summed E-state index contributed by atoms with van der Waals surface area (Å²) in [6.45, 7) is 0. The molecule has 0 spiro atoms. The van der Waals surface area contributed by atoms with Gasteiger partial charge in [-0.3, -0.25) is 0 Å². The highest BCUT2D eigenvalue weighted by Gasteiger charge is 2.06. The summed E-state index contributed by atoms with van der Waals surface area (Å²) in [5.74, 6) is -0.458. The molecule has 0 aliphatic carbocycles. The third-order valence-electron chi connectivity index (χ3n) is 2.24. The summed E-state index contributed by atoms with van der Waals surface area (Å²) in [5.41, 5.74) is 0.762. The van der Waals surface area contributed by atoms with Gasteiger partial charge in [0.1, 0.15) is 5.82 Å². The molecule has 3 nitrogen and oxygen atoms in total. The summed E-state index contributed by atoms with van der Waals surface area (Å²) in [6, 6.07) is 8.20. The van der Waals surface area contributed by atoms with Crippen molar-refractivity contribution >= 4 is 56.5 Å². The molecule has 0 fully saturated rings. The molecule has 0 atom stereocenters. The number of carbonyl (C=O) groups is 1. The molecule has 0 aromatic heterocycles. The van der Waals surface area contributed by atoms with Gasteiger partial charge in [0, 0.05) is 25.9 Å². The van der Waals surface area contributed by atoms with Crippen molar-refractivity contribution < 1.29 is 9.18 Å². The van der Waals surface area contributed by atoms with Gasteiger partial charge in [-0.15, -0.1) is 0 Å². The van der Waals surface area contributed by atoms with E-state index in [9.17, 15) is 9.18 Å². The maximum atomic E-state index is 13.2. The van der Waals surface area contributed by atoms with Gasteiger partial charge in [-0.25, -0.2) is 9.18 Å². The van der Waals surface area contributed by atoms with Gasteiger partial charge >= 0.3 is 6.03 Å². The Balaban J connectivity index is 2.08. The first-order chi connectivity index (χ1) is 9.42. The summed E-state index contributed by atoms with van der Waals surface area (Å²) >= 11 is 14.8. The van der Waals surface area contributed by atoms with Gasteiger partial charge in [0.05, 0.1) is 0 Å². The minimum atomic E-state index is -0.527. The second-order valence-corrected chi connectivity index (χ2v) is 5.68. The van der Waals surface area contributed by atoms with Crippen LogP contribution in [0.4, 0.5) is 20.6 Å². The number of benzene rings is 2. The molecule has 0 aliphatic rings. The Hall–Kier alpha value is -1.30. The molecule has 0 heterocycles. The maximum Gasteiger partial charge on any atom is 0.323 e. The molecule has 0 aliphatic heterocycles. The average molecular weight is 378 g/mol. The quantitative estimate of drug-likeness (QED) is 0.708. The molecule has 104 valence electrons. The lowest BCUT2D eigenvalue weighted by molar-refractivity contribution is 0.262. The van der Waals surface area contributed by atoms with Crippen LogP contribution in [0.2, 0.25) is 10.0 Å². The number of nitrogens with one attached hydrogen (secondary N) is 2. The van der Waals surface area contributed by atoms with Crippen LogP contribution in [-0.2, 0) is 0 Å². The number of amides is 2. The van der Waals surface area contributed by atoms with Crippen LogP contribution in [0, 0.1) is 5.82 Å². The molecule has 0 saturated carbocycles. The minimum absolute atomic E-state index is 0.322. The number of halogens is 4. The van der Waals surface area contributed by atoms with Crippen LogP contribution >= 0.6 is 39.1 Å². The van der Waals surface area contributed by atoms with E-state index < -0.39 is 11.8 Å². The van der Waals surface area contributed by atoms with Crippen molar-refractivity contribution in [2.45, 2.75) is 0 Å². The second-order valence-electron chi connectivity index (χ2n) is 3.90. The summed E-state index contributed by atoms with van der Waals surface area (Å²) in [6.07, 6.45) is 0. The molecular formula is C13H8BrCl2FN2O. The maximum absolute atomic E-state index is 13.2. The molecule has 0 saturated heterocycles. The summed E-state index contributed by atoms with van der Waals surface area (Å²) in [5, 5.41) is 5.87. The predicted octanol–water partition coefficient (Wildman–Crippen LogP) is 5.54. The number of anilines is 2. The standard InChI is InChI=1S/C13H8BrCl2FN2O/c14-7-1-10(17)6-11(2-7)18-13(20)19-12-4-8(15)3-9(16)5-12/h1-6H,(H2,18,19,20). The highest BCUT2D eigenvalue weighted by molar-refractivity contribution is 9.10. The highest BCUT2D eigenvalue weighted by Crippen LogP contribution is 2.23. The Labute approximate surface area is 133 Å². The topological polar surface area (TPSA) is 41.1 Å². The van der Waals surface area contributed by atoms with Crippen molar-refractivity contribution in [2.24, 2.45) is 0 Å². The zero-order valence-corrected chi connectivity index (χ0v) is 13.0. The predicted molar refractivity (Wildman–Crippen MR) is 83.2 cm³/mol. The molecular weight excluding hydrogens is 370 g/mol. The van der Waals surface area contributed by atoms with E-state index >= 15 is 0 Å². The van der Waals surface area contributed by atoms with Crippen LogP contribution in [0.5, 0.6) is 0 Å². The van der Waals surface area contributed by atoms with Crippen molar-refractivity contribution in [2.75, 3.05) is 10.6 Å². The first kappa shape index (κ1) is 15.1. The van der Waals surface area contributed by atoms with Gasteiger partial charge in [0.25, 0.3) is 0 Å². The average Bonchev–Trinajstić information content (AvgIpc) is 2.24. The van der Waals surface area contributed by atoms with Crippen LogP contribution in [0.25, 0.3) is 0 Å². The first-order valence-electron chi connectivity index (χ1n) is 5.42. The molecule has 7 heteroatoms. The summed E-state index contributed by atoms with van der Waals surface area (Å²) < 4.78 is 13.7. The van der Waals surface area contributed by atoms with Crippen LogP contribution in [0.3, 0.4) is 0 Å². The van der Waals surface area contributed by atoms with Gasteiger partial charge in [-0.2, -0.15) is 0 Å². The third-order valence-corrected chi connectivity index (χ3v) is 3.14. The van der Waals surface area contributed by atoms with Crippen molar-refractivity contribution in [3.05, 3.63) is 56.7 Å². The lowest BCUT2D eigenvalue weighted by atomic mass is 10.3. The van der Waals surface area contributed by atoms with Gasteiger partial charge < -0.3 is 10.6 Å². The molecule has 0 radical (unpaired) electrons. The van der Waals surface area contributed by atoms with Gasteiger partial charge in [-0.1, -0.05) is 39.1 Å². The van der Waals surface area contributed by atoms with Crippen molar-refractivity contribution in [1.82, 2.24) is 0 Å². The number of hydrogen-bond acceptors (Lipinski definition) is 1. The van der Waals surface area contributed by atoms with E-state index in [1.807, 2.05) is 0 Å². The fourth-order valence-electron chi connectivity index (χ4n) is 1.55. The second kappa shape index (κ2) is 6.43. The molecule has 2 N–H and O–H groups in total. The van der Waals surface area contributed by atoms with E-state index in [-0.39, 0.29) is 0 Å². The summed E-state index contributed by atoms with van der Waals surface area (Å²) in [4.78, 5) is 11.8. The zero-order valence-electron chi connectivity index (χ0n) is 9.88. The lowest BCUT2D eigenvalue weighted by Crippen LogP contribution is -2.19. The van der Waals surface area contributed by atoms with Crippen molar-refractivity contribution in [3.63, 3.8) is 0 Å². The Morgan fingerprint density at radius 2 is 1.50 bits per heavy atom. The Kier molecular flexibility index (Phi) is 4.86. The number of carbonyl (C=O) groups excluding carboxylic acids is 1. The SMILES string of the molecule is O=C(Nc1cc(Cl)cc(Cl)c1)Nc1cc(F)cc(Br)c1. The molecule has 0 unspecified atom stereocenters. The fourth-order valence-corrected chi connectivity index (χ4v) is 2.54. The Morgan fingerprint density at radius 3 is 2.05 bits per heavy atom. The third kappa shape index (κ3) is 4.37. The molecule has 2 aromatic rings. The van der Waals surface area contributed by atoms with Crippen LogP contribution in [0.1, 0.15) is 0 Å². The molecule has 20 heavy (non-hydrogen) atoms.